The number of aliphatic hydroxyl groups is 1. The van der Waals surface area contributed by atoms with E-state index in [9.17, 15) is 5.11 Å². The Kier molecular flexibility index (Phi) is 4.19. The summed E-state index contributed by atoms with van der Waals surface area (Å²) in [6.45, 7) is 0.286. The van der Waals surface area contributed by atoms with E-state index in [0.29, 0.717) is 5.02 Å². The highest BCUT2D eigenvalue weighted by atomic mass is 79.9. The molecule has 13 heavy (non-hydrogen) atoms. The van der Waals surface area contributed by atoms with E-state index in [0.717, 1.165) is 10.0 Å². The van der Waals surface area contributed by atoms with Crippen molar-refractivity contribution in [3.8, 4) is 0 Å². The standard InChI is InChI=1S/C9H10BrClO2/c1-13-5-9(12)6-2-3-8(11)7(10)4-6/h2-4,9,12H,5H2,1H3. The van der Waals surface area contributed by atoms with E-state index < -0.39 is 6.10 Å². The Labute approximate surface area is 90.6 Å². The minimum Gasteiger partial charge on any atom is -0.386 e. The number of hydrogen-bond donors (Lipinski definition) is 1. The summed E-state index contributed by atoms with van der Waals surface area (Å²) >= 11 is 9.08. The highest BCUT2D eigenvalue weighted by molar-refractivity contribution is 9.10. The van der Waals surface area contributed by atoms with Gasteiger partial charge in [0.1, 0.15) is 6.10 Å². The Morgan fingerprint density at radius 2 is 2.31 bits per heavy atom. The molecule has 0 aliphatic carbocycles. The van der Waals surface area contributed by atoms with E-state index in [1.54, 1.807) is 25.3 Å². The summed E-state index contributed by atoms with van der Waals surface area (Å²) in [6, 6.07) is 5.29. The van der Waals surface area contributed by atoms with Crippen molar-refractivity contribution in [2.45, 2.75) is 6.10 Å². The lowest BCUT2D eigenvalue weighted by Gasteiger charge is -2.10. The average molecular weight is 266 g/mol. The van der Waals surface area contributed by atoms with Crippen LogP contribution in [0.25, 0.3) is 0 Å². The molecule has 1 aromatic carbocycles. The van der Waals surface area contributed by atoms with Gasteiger partial charge in [-0.1, -0.05) is 17.7 Å². The molecule has 4 heteroatoms. The van der Waals surface area contributed by atoms with E-state index in [1.165, 1.54) is 0 Å². The molecule has 0 amide bonds. The molecule has 0 bridgehead atoms. The number of halogens is 2. The van der Waals surface area contributed by atoms with Gasteiger partial charge < -0.3 is 9.84 Å². The van der Waals surface area contributed by atoms with Crippen molar-refractivity contribution in [2.24, 2.45) is 0 Å². The van der Waals surface area contributed by atoms with Crippen LogP contribution in [0.3, 0.4) is 0 Å². The minimum absolute atomic E-state index is 0.286. The Bertz CT molecular complexity index is 291. The van der Waals surface area contributed by atoms with Crippen molar-refractivity contribution < 1.29 is 9.84 Å². The molecule has 2 nitrogen and oxygen atoms in total. The van der Waals surface area contributed by atoms with Crippen molar-refractivity contribution in [3.63, 3.8) is 0 Å². The van der Waals surface area contributed by atoms with Crippen molar-refractivity contribution >= 4 is 27.5 Å². The van der Waals surface area contributed by atoms with Crippen molar-refractivity contribution in [1.82, 2.24) is 0 Å². The Balaban J connectivity index is 2.84. The third kappa shape index (κ3) is 2.95. The van der Waals surface area contributed by atoms with Gasteiger partial charge in [0.15, 0.2) is 0 Å². The lowest BCUT2D eigenvalue weighted by atomic mass is 10.1. The van der Waals surface area contributed by atoms with Crippen LogP contribution in [-0.4, -0.2) is 18.8 Å². The van der Waals surface area contributed by atoms with Gasteiger partial charge >= 0.3 is 0 Å². The topological polar surface area (TPSA) is 29.5 Å². The number of ether oxygens (including phenoxy) is 1. The van der Waals surface area contributed by atoms with Gasteiger partial charge in [0.05, 0.1) is 11.6 Å². The Morgan fingerprint density at radius 3 is 2.85 bits per heavy atom. The lowest BCUT2D eigenvalue weighted by Crippen LogP contribution is -2.04. The molecule has 0 saturated carbocycles. The van der Waals surface area contributed by atoms with Gasteiger partial charge in [-0.15, -0.1) is 0 Å². The van der Waals surface area contributed by atoms with Crippen LogP contribution in [0.4, 0.5) is 0 Å². The highest BCUT2D eigenvalue weighted by Gasteiger charge is 2.08. The van der Waals surface area contributed by atoms with Crippen LogP contribution in [0.5, 0.6) is 0 Å². The van der Waals surface area contributed by atoms with Crippen LogP contribution < -0.4 is 0 Å². The zero-order valence-electron chi connectivity index (χ0n) is 7.13. The van der Waals surface area contributed by atoms with Crippen LogP contribution in [0.2, 0.25) is 5.02 Å². The summed E-state index contributed by atoms with van der Waals surface area (Å²) in [4.78, 5) is 0. The molecular weight excluding hydrogens is 255 g/mol. The van der Waals surface area contributed by atoms with Gasteiger partial charge in [-0.3, -0.25) is 0 Å². The van der Waals surface area contributed by atoms with E-state index >= 15 is 0 Å². The quantitative estimate of drug-likeness (QED) is 0.911. The molecule has 1 unspecified atom stereocenters. The van der Waals surface area contributed by atoms with Crippen molar-refractivity contribution in [1.29, 1.82) is 0 Å². The summed E-state index contributed by atoms with van der Waals surface area (Å²) < 4.78 is 5.61. The molecule has 0 spiro atoms. The molecule has 72 valence electrons. The summed E-state index contributed by atoms with van der Waals surface area (Å²) in [7, 11) is 1.55. The SMILES string of the molecule is COCC(O)c1ccc(Cl)c(Br)c1. The van der Waals surface area contributed by atoms with Crippen LogP contribution in [0.15, 0.2) is 22.7 Å². The third-order valence-electron chi connectivity index (χ3n) is 1.65. The molecule has 1 rings (SSSR count). The highest BCUT2D eigenvalue weighted by Crippen LogP contribution is 2.26. The first kappa shape index (κ1) is 11.0. The fraction of sp³-hybridized carbons (Fsp3) is 0.333. The average Bonchev–Trinajstić information content (AvgIpc) is 2.10. The van der Waals surface area contributed by atoms with E-state index in [1.807, 2.05) is 0 Å². The van der Waals surface area contributed by atoms with Crippen LogP contribution in [0.1, 0.15) is 11.7 Å². The first-order chi connectivity index (χ1) is 6.15. The number of rotatable bonds is 3. The lowest BCUT2D eigenvalue weighted by molar-refractivity contribution is 0.0644. The monoisotopic (exact) mass is 264 g/mol. The molecule has 0 aliphatic rings. The first-order valence-electron chi connectivity index (χ1n) is 3.77. The van der Waals surface area contributed by atoms with E-state index in [2.05, 4.69) is 15.9 Å². The second-order valence-electron chi connectivity index (χ2n) is 2.64. The van der Waals surface area contributed by atoms with Crippen LogP contribution in [0, 0.1) is 0 Å². The Hall–Kier alpha value is -0.0900. The maximum atomic E-state index is 9.55. The molecule has 0 heterocycles. The number of methoxy groups -OCH3 is 1. The fourth-order valence-electron chi connectivity index (χ4n) is 0.974. The van der Waals surface area contributed by atoms with E-state index in [-0.39, 0.29) is 6.61 Å². The summed E-state index contributed by atoms with van der Waals surface area (Å²) in [5.74, 6) is 0. The summed E-state index contributed by atoms with van der Waals surface area (Å²) in [5, 5.41) is 10.2. The molecule has 1 atom stereocenters. The molecule has 0 radical (unpaired) electrons. The van der Waals surface area contributed by atoms with Crippen molar-refractivity contribution in [2.75, 3.05) is 13.7 Å². The maximum Gasteiger partial charge on any atom is 0.102 e. The zero-order chi connectivity index (χ0) is 9.84. The van der Waals surface area contributed by atoms with Gasteiger partial charge in [-0.25, -0.2) is 0 Å². The fourth-order valence-corrected chi connectivity index (χ4v) is 1.49. The number of hydrogen-bond acceptors (Lipinski definition) is 2. The molecule has 0 fully saturated rings. The number of benzene rings is 1. The molecular formula is C9H10BrClO2. The molecule has 1 N–H and O–H groups in total. The predicted molar refractivity (Wildman–Crippen MR) is 56.0 cm³/mol. The van der Waals surface area contributed by atoms with Crippen molar-refractivity contribution in [3.05, 3.63) is 33.3 Å². The van der Waals surface area contributed by atoms with Gasteiger partial charge in [0.2, 0.25) is 0 Å². The van der Waals surface area contributed by atoms with Gasteiger partial charge in [0, 0.05) is 11.6 Å². The van der Waals surface area contributed by atoms with Gasteiger partial charge in [-0.2, -0.15) is 0 Å². The van der Waals surface area contributed by atoms with E-state index in [4.69, 9.17) is 16.3 Å². The summed E-state index contributed by atoms with van der Waals surface area (Å²) in [6.07, 6.45) is -0.599. The molecule has 0 aromatic heterocycles. The molecule has 1 aromatic rings. The predicted octanol–water partition coefficient (Wildman–Crippen LogP) is 2.78. The second kappa shape index (κ2) is 4.96. The number of aliphatic hydroxyl groups excluding tert-OH is 1. The van der Waals surface area contributed by atoms with Gasteiger partial charge in [0.25, 0.3) is 0 Å². The zero-order valence-corrected chi connectivity index (χ0v) is 9.47. The minimum atomic E-state index is -0.599. The largest absolute Gasteiger partial charge is 0.386 e. The Morgan fingerprint density at radius 1 is 1.62 bits per heavy atom. The normalized spacial score (nSPS) is 12.9. The summed E-state index contributed by atoms with van der Waals surface area (Å²) in [5.41, 5.74) is 0.790. The smallest absolute Gasteiger partial charge is 0.102 e. The molecule has 0 saturated heterocycles. The second-order valence-corrected chi connectivity index (χ2v) is 3.91. The molecule has 0 aliphatic heterocycles. The first-order valence-corrected chi connectivity index (χ1v) is 4.94. The van der Waals surface area contributed by atoms with Gasteiger partial charge in [-0.05, 0) is 33.6 Å². The third-order valence-corrected chi connectivity index (χ3v) is 2.87. The van der Waals surface area contributed by atoms with Crippen LogP contribution >= 0.6 is 27.5 Å². The van der Waals surface area contributed by atoms with Crippen LogP contribution in [-0.2, 0) is 4.74 Å². The maximum absolute atomic E-state index is 9.55.